The molecule has 1 heterocycles. The first-order valence-electron chi connectivity index (χ1n) is 6.73. The summed E-state index contributed by atoms with van der Waals surface area (Å²) in [6.45, 7) is 0.365. The van der Waals surface area contributed by atoms with Gasteiger partial charge in [-0.15, -0.1) is 0 Å². The Morgan fingerprint density at radius 1 is 1.17 bits per heavy atom. The molecule has 2 aliphatic rings. The van der Waals surface area contributed by atoms with Gasteiger partial charge in [0.05, 0.1) is 5.75 Å². The van der Waals surface area contributed by atoms with E-state index in [2.05, 4.69) is 0 Å². The maximum absolute atomic E-state index is 12.0. The van der Waals surface area contributed by atoms with Crippen LogP contribution in [0, 0.1) is 5.92 Å². The standard InChI is InChI=1S/C12H21NO4S/c14-12(15)11-6-8-13(11)18(16,17)9-7-10-4-2-1-3-5-10/h10-11H,1-9H2,(H,14,15). The molecule has 0 aromatic heterocycles. The second-order valence-electron chi connectivity index (χ2n) is 5.36. The number of rotatable bonds is 5. The molecular weight excluding hydrogens is 254 g/mol. The summed E-state index contributed by atoms with van der Waals surface area (Å²) in [4.78, 5) is 10.8. The molecule has 1 atom stereocenters. The summed E-state index contributed by atoms with van der Waals surface area (Å²) in [7, 11) is -3.36. The van der Waals surface area contributed by atoms with Crippen LogP contribution in [-0.2, 0) is 14.8 Å². The van der Waals surface area contributed by atoms with Gasteiger partial charge in [-0.2, -0.15) is 4.31 Å². The topological polar surface area (TPSA) is 74.7 Å². The molecule has 6 heteroatoms. The van der Waals surface area contributed by atoms with Gasteiger partial charge in [-0.25, -0.2) is 8.42 Å². The third kappa shape index (κ3) is 3.03. The van der Waals surface area contributed by atoms with E-state index in [4.69, 9.17) is 5.11 Å². The lowest BCUT2D eigenvalue weighted by Gasteiger charge is -2.37. The third-order valence-electron chi connectivity index (χ3n) is 4.12. The molecule has 0 radical (unpaired) electrons. The van der Waals surface area contributed by atoms with Crippen LogP contribution in [0.2, 0.25) is 0 Å². The minimum atomic E-state index is -3.36. The molecule has 1 saturated carbocycles. The van der Waals surface area contributed by atoms with Crippen LogP contribution in [0.4, 0.5) is 0 Å². The predicted molar refractivity (Wildman–Crippen MR) is 67.7 cm³/mol. The van der Waals surface area contributed by atoms with Gasteiger partial charge in [0, 0.05) is 6.54 Å². The lowest BCUT2D eigenvalue weighted by atomic mass is 9.88. The fourth-order valence-corrected chi connectivity index (χ4v) is 4.68. The highest BCUT2D eigenvalue weighted by Crippen LogP contribution is 2.28. The van der Waals surface area contributed by atoms with Gasteiger partial charge in [-0.05, 0) is 18.8 Å². The first kappa shape index (κ1) is 13.8. The van der Waals surface area contributed by atoms with Crippen molar-refractivity contribution in [1.82, 2.24) is 4.31 Å². The van der Waals surface area contributed by atoms with Crippen LogP contribution in [0.1, 0.15) is 44.9 Å². The number of carboxylic acids is 1. The summed E-state index contributed by atoms with van der Waals surface area (Å²) in [6.07, 6.45) is 7.04. The number of nitrogens with zero attached hydrogens (tertiary/aromatic N) is 1. The van der Waals surface area contributed by atoms with Crippen LogP contribution in [0.25, 0.3) is 0 Å². The van der Waals surface area contributed by atoms with E-state index < -0.39 is 22.0 Å². The summed E-state index contributed by atoms with van der Waals surface area (Å²) in [5.74, 6) is -0.401. The van der Waals surface area contributed by atoms with Crippen LogP contribution in [0.3, 0.4) is 0 Å². The van der Waals surface area contributed by atoms with Crippen molar-refractivity contribution >= 4 is 16.0 Å². The highest BCUT2D eigenvalue weighted by molar-refractivity contribution is 7.89. The van der Waals surface area contributed by atoms with Gasteiger partial charge in [-0.1, -0.05) is 32.1 Å². The Kier molecular flexibility index (Phi) is 4.27. The highest BCUT2D eigenvalue weighted by atomic mass is 32.2. The fourth-order valence-electron chi connectivity index (χ4n) is 2.85. The summed E-state index contributed by atoms with van der Waals surface area (Å²) in [5.41, 5.74) is 0. The van der Waals surface area contributed by atoms with Crippen molar-refractivity contribution in [2.45, 2.75) is 51.0 Å². The molecule has 2 fully saturated rings. The van der Waals surface area contributed by atoms with Gasteiger partial charge in [-0.3, -0.25) is 4.79 Å². The van der Waals surface area contributed by atoms with Gasteiger partial charge in [0.1, 0.15) is 6.04 Å². The fraction of sp³-hybridized carbons (Fsp3) is 0.917. The van der Waals surface area contributed by atoms with E-state index >= 15 is 0 Å². The highest BCUT2D eigenvalue weighted by Gasteiger charge is 2.41. The molecule has 18 heavy (non-hydrogen) atoms. The predicted octanol–water partition coefficient (Wildman–Crippen LogP) is 1.45. The molecule has 5 nitrogen and oxygen atoms in total. The molecule has 2 rings (SSSR count). The molecule has 1 aliphatic carbocycles. The second-order valence-corrected chi connectivity index (χ2v) is 7.40. The first-order chi connectivity index (χ1) is 8.50. The molecule has 1 saturated heterocycles. The lowest BCUT2D eigenvalue weighted by Crippen LogP contribution is -2.55. The average Bonchev–Trinajstić information content (AvgIpc) is 2.25. The van der Waals surface area contributed by atoms with E-state index in [0.29, 0.717) is 25.3 Å². The SMILES string of the molecule is O=C(O)C1CCN1S(=O)(=O)CCC1CCCCC1. The number of aliphatic carboxylic acids is 1. The summed E-state index contributed by atoms with van der Waals surface area (Å²) in [6, 6.07) is -0.818. The van der Waals surface area contributed by atoms with Crippen molar-refractivity contribution in [2.75, 3.05) is 12.3 Å². The van der Waals surface area contributed by atoms with Crippen molar-refractivity contribution in [3.63, 3.8) is 0 Å². The van der Waals surface area contributed by atoms with E-state index in [1.807, 2.05) is 0 Å². The van der Waals surface area contributed by atoms with Crippen molar-refractivity contribution in [2.24, 2.45) is 5.92 Å². The summed E-state index contributed by atoms with van der Waals surface area (Å²) in [5, 5.41) is 8.88. The van der Waals surface area contributed by atoms with Crippen molar-refractivity contribution < 1.29 is 18.3 Å². The van der Waals surface area contributed by atoms with Crippen molar-refractivity contribution in [1.29, 1.82) is 0 Å². The van der Waals surface area contributed by atoms with Crippen molar-refractivity contribution in [3.05, 3.63) is 0 Å². The summed E-state index contributed by atoms with van der Waals surface area (Å²) < 4.78 is 25.2. The molecule has 1 unspecified atom stereocenters. The van der Waals surface area contributed by atoms with Crippen LogP contribution in [0.5, 0.6) is 0 Å². The molecule has 1 N–H and O–H groups in total. The normalized spacial score (nSPS) is 26.8. The number of carboxylic acid groups (broad SMARTS) is 1. The molecule has 0 spiro atoms. The minimum absolute atomic E-state index is 0.113. The Hall–Kier alpha value is -0.620. The van der Waals surface area contributed by atoms with E-state index in [-0.39, 0.29) is 5.75 Å². The Labute approximate surface area is 108 Å². The zero-order valence-electron chi connectivity index (χ0n) is 10.5. The average molecular weight is 275 g/mol. The van der Waals surface area contributed by atoms with Gasteiger partial charge in [0.2, 0.25) is 10.0 Å². The Balaban J connectivity index is 1.85. The van der Waals surface area contributed by atoms with Crippen LogP contribution in [-0.4, -0.2) is 42.1 Å². The zero-order chi connectivity index (χ0) is 13.2. The number of hydrogen-bond donors (Lipinski definition) is 1. The quantitative estimate of drug-likeness (QED) is 0.824. The molecule has 1 aliphatic heterocycles. The van der Waals surface area contributed by atoms with E-state index in [1.165, 1.54) is 19.3 Å². The molecule has 0 amide bonds. The van der Waals surface area contributed by atoms with E-state index in [0.717, 1.165) is 17.1 Å². The summed E-state index contributed by atoms with van der Waals surface area (Å²) >= 11 is 0. The maximum Gasteiger partial charge on any atom is 0.322 e. The minimum Gasteiger partial charge on any atom is -0.480 e. The number of carbonyl (C=O) groups is 1. The molecule has 104 valence electrons. The van der Waals surface area contributed by atoms with Gasteiger partial charge in [0.25, 0.3) is 0 Å². The van der Waals surface area contributed by atoms with Crippen LogP contribution in [0.15, 0.2) is 0 Å². The van der Waals surface area contributed by atoms with Crippen LogP contribution >= 0.6 is 0 Å². The van der Waals surface area contributed by atoms with Crippen LogP contribution < -0.4 is 0 Å². The van der Waals surface area contributed by atoms with Crippen molar-refractivity contribution in [3.8, 4) is 0 Å². The third-order valence-corrected chi connectivity index (χ3v) is 6.02. The monoisotopic (exact) mass is 275 g/mol. The molecule has 0 bridgehead atoms. The first-order valence-corrected chi connectivity index (χ1v) is 8.34. The Morgan fingerprint density at radius 2 is 1.83 bits per heavy atom. The molecule has 0 aromatic rings. The molecule has 0 aromatic carbocycles. The zero-order valence-corrected chi connectivity index (χ0v) is 11.4. The Morgan fingerprint density at radius 3 is 2.33 bits per heavy atom. The van der Waals surface area contributed by atoms with E-state index in [1.54, 1.807) is 0 Å². The smallest absolute Gasteiger partial charge is 0.322 e. The maximum atomic E-state index is 12.0. The number of sulfonamides is 1. The van der Waals surface area contributed by atoms with E-state index in [9.17, 15) is 13.2 Å². The van der Waals surface area contributed by atoms with Gasteiger partial charge >= 0.3 is 5.97 Å². The van der Waals surface area contributed by atoms with Gasteiger partial charge in [0.15, 0.2) is 0 Å². The second kappa shape index (κ2) is 5.57. The largest absolute Gasteiger partial charge is 0.480 e. The number of hydrogen-bond acceptors (Lipinski definition) is 3. The van der Waals surface area contributed by atoms with Gasteiger partial charge < -0.3 is 5.11 Å². The lowest BCUT2D eigenvalue weighted by molar-refractivity contribution is -0.144. The Bertz CT molecular complexity index is 400. The molecular formula is C12H21NO4S.